The third-order valence-electron chi connectivity index (χ3n) is 4.51. The number of benzene rings is 1. The molecule has 2 amide bonds. The van der Waals surface area contributed by atoms with Crippen molar-refractivity contribution in [2.45, 2.75) is 61.4 Å². The molecular formula is C22H32N4O2. The van der Waals surface area contributed by atoms with Gasteiger partial charge in [-0.3, -0.25) is 14.3 Å². The van der Waals surface area contributed by atoms with Crippen LogP contribution in [0.3, 0.4) is 0 Å². The average Bonchev–Trinajstić information content (AvgIpc) is 2.82. The summed E-state index contributed by atoms with van der Waals surface area (Å²) in [5, 5.41) is 10.4. The van der Waals surface area contributed by atoms with Gasteiger partial charge in [0.1, 0.15) is 0 Å². The summed E-state index contributed by atoms with van der Waals surface area (Å²) >= 11 is 0. The van der Waals surface area contributed by atoms with Crippen molar-refractivity contribution in [3.05, 3.63) is 41.2 Å². The third kappa shape index (κ3) is 5.68. The quantitative estimate of drug-likeness (QED) is 0.779. The van der Waals surface area contributed by atoms with E-state index in [1.54, 1.807) is 24.3 Å². The molecule has 0 fully saturated rings. The lowest BCUT2D eigenvalue weighted by atomic mass is 9.95. The maximum atomic E-state index is 12.5. The number of nitrogens with zero attached hydrogens (tertiary/aromatic N) is 2. The molecule has 0 atom stereocenters. The van der Waals surface area contributed by atoms with E-state index < -0.39 is 5.41 Å². The Hall–Kier alpha value is -2.63. The minimum absolute atomic E-state index is 0.0476. The highest BCUT2D eigenvalue weighted by Gasteiger charge is 2.21. The normalized spacial score (nSPS) is 11.6. The van der Waals surface area contributed by atoms with Gasteiger partial charge in [-0.2, -0.15) is 5.10 Å². The van der Waals surface area contributed by atoms with E-state index in [0.29, 0.717) is 17.3 Å². The molecular weight excluding hydrogens is 352 g/mol. The molecule has 0 saturated heterocycles. The molecule has 2 rings (SSSR count). The van der Waals surface area contributed by atoms with Crippen LogP contribution < -0.4 is 10.6 Å². The second kappa shape index (κ2) is 8.59. The minimum atomic E-state index is -0.456. The highest BCUT2D eigenvalue weighted by molar-refractivity contribution is 5.95. The van der Waals surface area contributed by atoms with Crippen LogP contribution in [0.2, 0.25) is 0 Å². The van der Waals surface area contributed by atoms with Gasteiger partial charge < -0.3 is 10.6 Å². The summed E-state index contributed by atoms with van der Waals surface area (Å²) in [5.41, 5.74) is 3.87. The zero-order valence-electron chi connectivity index (χ0n) is 18.0. The van der Waals surface area contributed by atoms with E-state index >= 15 is 0 Å². The summed E-state index contributed by atoms with van der Waals surface area (Å²) < 4.78 is 1.98. The zero-order chi connectivity index (χ0) is 21.1. The Labute approximate surface area is 167 Å². The molecule has 28 heavy (non-hydrogen) atoms. The van der Waals surface area contributed by atoms with Crippen LogP contribution in [0.5, 0.6) is 0 Å². The van der Waals surface area contributed by atoms with Gasteiger partial charge in [0, 0.05) is 34.6 Å². The van der Waals surface area contributed by atoms with Gasteiger partial charge >= 0.3 is 0 Å². The largest absolute Gasteiger partial charge is 0.326 e. The number of hydrogen-bond donors (Lipinski definition) is 2. The van der Waals surface area contributed by atoms with Gasteiger partial charge in [-0.25, -0.2) is 0 Å². The molecule has 0 radical (unpaired) electrons. The molecule has 2 aromatic rings. The van der Waals surface area contributed by atoms with Crippen molar-refractivity contribution < 1.29 is 9.59 Å². The lowest BCUT2D eigenvalue weighted by molar-refractivity contribution is -0.123. The van der Waals surface area contributed by atoms with Crippen LogP contribution >= 0.6 is 0 Å². The standard InChI is InChI=1S/C22H32N4O2/c1-14(2)13-26-16(4)19(15(3)25-26)12-20(27)23-17-8-10-18(11-9-17)24-21(28)22(5,6)7/h8-11,14H,12-13H2,1-7H3,(H,23,27)(H,24,28). The Morgan fingerprint density at radius 1 is 1.04 bits per heavy atom. The fourth-order valence-corrected chi connectivity index (χ4v) is 2.83. The van der Waals surface area contributed by atoms with Gasteiger partial charge in [-0.05, 0) is 44.0 Å². The number of rotatable bonds is 6. The van der Waals surface area contributed by atoms with Gasteiger partial charge in [-0.1, -0.05) is 34.6 Å². The van der Waals surface area contributed by atoms with Gasteiger partial charge in [0.05, 0.1) is 12.1 Å². The van der Waals surface area contributed by atoms with Crippen LogP contribution in [0.25, 0.3) is 0 Å². The van der Waals surface area contributed by atoms with Gasteiger partial charge in [0.15, 0.2) is 0 Å². The van der Waals surface area contributed by atoms with E-state index in [0.717, 1.165) is 23.5 Å². The molecule has 0 unspecified atom stereocenters. The van der Waals surface area contributed by atoms with E-state index in [9.17, 15) is 9.59 Å². The molecule has 0 aliphatic rings. The molecule has 0 saturated carbocycles. The minimum Gasteiger partial charge on any atom is -0.326 e. The predicted octanol–water partition coefficient (Wildman–Crippen LogP) is 4.32. The van der Waals surface area contributed by atoms with Crippen LogP contribution in [-0.4, -0.2) is 21.6 Å². The number of nitrogens with one attached hydrogen (secondary N) is 2. The monoisotopic (exact) mass is 384 g/mol. The van der Waals surface area contributed by atoms with E-state index in [-0.39, 0.29) is 18.2 Å². The van der Waals surface area contributed by atoms with Crippen LogP contribution in [0.1, 0.15) is 51.6 Å². The number of amides is 2. The van der Waals surface area contributed by atoms with Gasteiger partial charge in [0.25, 0.3) is 0 Å². The average molecular weight is 385 g/mol. The molecule has 1 aromatic carbocycles. The Bertz CT molecular complexity index is 843. The van der Waals surface area contributed by atoms with Crippen molar-refractivity contribution in [2.75, 3.05) is 10.6 Å². The lowest BCUT2D eigenvalue weighted by Crippen LogP contribution is -2.27. The highest BCUT2D eigenvalue weighted by Crippen LogP contribution is 2.20. The molecule has 2 N–H and O–H groups in total. The SMILES string of the molecule is Cc1nn(CC(C)C)c(C)c1CC(=O)Nc1ccc(NC(=O)C(C)(C)C)cc1. The Balaban J connectivity index is 2.00. The van der Waals surface area contributed by atoms with Crippen molar-refractivity contribution in [3.8, 4) is 0 Å². The molecule has 0 aliphatic carbocycles. The topological polar surface area (TPSA) is 76.0 Å². The second-order valence-electron chi connectivity index (χ2n) is 8.73. The van der Waals surface area contributed by atoms with Gasteiger partial charge in [0.2, 0.25) is 11.8 Å². The van der Waals surface area contributed by atoms with Crippen LogP contribution in [0.15, 0.2) is 24.3 Å². The smallest absolute Gasteiger partial charge is 0.229 e. The fourth-order valence-electron chi connectivity index (χ4n) is 2.83. The lowest BCUT2D eigenvalue weighted by Gasteiger charge is -2.17. The fraction of sp³-hybridized carbons (Fsp3) is 0.500. The Kier molecular flexibility index (Phi) is 6.65. The number of aryl methyl sites for hydroxylation is 1. The van der Waals surface area contributed by atoms with Crippen molar-refractivity contribution in [3.63, 3.8) is 0 Å². The first-order valence-electron chi connectivity index (χ1n) is 9.71. The van der Waals surface area contributed by atoms with Crippen molar-refractivity contribution >= 4 is 23.2 Å². The summed E-state index contributed by atoms with van der Waals surface area (Å²) in [6.07, 6.45) is 0.290. The molecule has 0 spiro atoms. The predicted molar refractivity (Wildman–Crippen MR) is 113 cm³/mol. The number of hydrogen-bond acceptors (Lipinski definition) is 3. The number of carbonyl (C=O) groups is 2. The van der Waals surface area contributed by atoms with Crippen LogP contribution in [-0.2, 0) is 22.6 Å². The first-order valence-corrected chi connectivity index (χ1v) is 9.71. The zero-order valence-corrected chi connectivity index (χ0v) is 18.0. The molecule has 0 aliphatic heterocycles. The first kappa shape index (κ1) is 21.7. The number of carbonyl (C=O) groups excluding carboxylic acids is 2. The first-order chi connectivity index (χ1) is 13.0. The molecule has 6 nitrogen and oxygen atoms in total. The van der Waals surface area contributed by atoms with Crippen LogP contribution in [0, 0.1) is 25.2 Å². The summed E-state index contributed by atoms with van der Waals surface area (Å²) in [4.78, 5) is 24.5. The van der Waals surface area contributed by atoms with E-state index in [2.05, 4.69) is 29.6 Å². The summed E-state index contributed by atoms with van der Waals surface area (Å²) in [5.74, 6) is 0.368. The molecule has 1 heterocycles. The summed E-state index contributed by atoms with van der Waals surface area (Å²) in [6, 6.07) is 7.16. The Morgan fingerprint density at radius 3 is 2.07 bits per heavy atom. The van der Waals surface area contributed by atoms with E-state index in [1.165, 1.54) is 0 Å². The molecule has 6 heteroatoms. The Morgan fingerprint density at radius 2 is 1.57 bits per heavy atom. The molecule has 0 bridgehead atoms. The van der Waals surface area contributed by atoms with Gasteiger partial charge in [-0.15, -0.1) is 0 Å². The van der Waals surface area contributed by atoms with Crippen molar-refractivity contribution in [2.24, 2.45) is 11.3 Å². The molecule has 152 valence electrons. The number of anilines is 2. The van der Waals surface area contributed by atoms with Crippen molar-refractivity contribution in [1.82, 2.24) is 9.78 Å². The maximum Gasteiger partial charge on any atom is 0.229 e. The van der Waals surface area contributed by atoms with Crippen LogP contribution in [0.4, 0.5) is 11.4 Å². The second-order valence-corrected chi connectivity index (χ2v) is 8.73. The van der Waals surface area contributed by atoms with E-state index in [1.807, 2.05) is 39.3 Å². The maximum absolute atomic E-state index is 12.5. The number of aromatic nitrogens is 2. The van der Waals surface area contributed by atoms with E-state index in [4.69, 9.17) is 0 Å². The third-order valence-corrected chi connectivity index (χ3v) is 4.51. The van der Waals surface area contributed by atoms with Crippen molar-refractivity contribution in [1.29, 1.82) is 0 Å². The summed E-state index contributed by atoms with van der Waals surface area (Å²) in [7, 11) is 0. The molecule has 1 aromatic heterocycles. The highest BCUT2D eigenvalue weighted by atomic mass is 16.2. The summed E-state index contributed by atoms with van der Waals surface area (Å²) in [6.45, 7) is 14.7.